The smallest absolute Gasteiger partial charge is 0.343 e. The monoisotopic (exact) mass is 392 g/mol. The minimum atomic E-state index is -1.90. The van der Waals surface area contributed by atoms with E-state index in [2.05, 4.69) is 4.98 Å². The van der Waals surface area contributed by atoms with Crippen LogP contribution in [0.15, 0.2) is 29.1 Å². The van der Waals surface area contributed by atoms with Crippen LogP contribution in [0.2, 0.25) is 0 Å². The number of carbonyl (C=O) groups is 2. The number of hydrogen-bond donors (Lipinski definition) is 2. The molecule has 0 saturated carbocycles. The SMILES string of the molecule is CC[C@@]1(O)C(=O)OCc2c1cc1n(c2=O)Cc2c-1nc1ccc(O)cc1c2C=O. The number of carbonyl (C=O) groups excluding carboxylic acids is 2. The van der Waals surface area contributed by atoms with Crippen molar-refractivity contribution in [1.82, 2.24) is 9.55 Å². The van der Waals surface area contributed by atoms with Crippen molar-refractivity contribution >= 4 is 23.2 Å². The molecule has 2 aliphatic heterocycles. The van der Waals surface area contributed by atoms with Crippen LogP contribution in [0.1, 0.15) is 40.4 Å². The molecule has 2 aliphatic rings. The summed E-state index contributed by atoms with van der Waals surface area (Å²) in [5.41, 5.74) is 0.434. The third-order valence-corrected chi connectivity index (χ3v) is 5.83. The molecular weight excluding hydrogens is 376 g/mol. The highest BCUT2D eigenvalue weighted by atomic mass is 16.6. The molecule has 0 spiro atoms. The van der Waals surface area contributed by atoms with E-state index in [9.17, 15) is 24.6 Å². The molecular formula is C21H16N2O6. The number of rotatable bonds is 2. The number of aldehydes is 1. The summed E-state index contributed by atoms with van der Waals surface area (Å²) in [5, 5.41) is 21.2. The quantitative estimate of drug-likeness (QED) is 0.393. The van der Waals surface area contributed by atoms with Crippen molar-refractivity contribution in [3.05, 3.63) is 56.9 Å². The van der Waals surface area contributed by atoms with E-state index >= 15 is 0 Å². The van der Waals surface area contributed by atoms with E-state index < -0.39 is 17.1 Å². The second-order valence-corrected chi connectivity index (χ2v) is 7.28. The molecule has 5 rings (SSSR count). The zero-order valence-corrected chi connectivity index (χ0v) is 15.4. The van der Waals surface area contributed by atoms with Crippen molar-refractivity contribution in [3.63, 3.8) is 0 Å². The molecule has 1 aromatic carbocycles. The van der Waals surface area contributed by atoms with Crippen molar-refractivity contribution in [3.8, 4) is 17.1 Å². The van der Waals surface area contributed by atoms with Gasteiger partial charge in [0.15, 0.2) is 11.9 Å². The maximum atomic E-state index is 13.1. The maximum absolute atomic E-state index is 13.1. The van der Waals surface area contributed by atoms with E-state index in [1.54, 1.807) is 19.1 Å². The lowest BCUT2D eigenvalue weighted by Crippen LogP contribution is -2.44. The number of aliphatic hydroxyl groups is 1. The van der Waals surface area contributed by atoms with E-state index in [0.29, 0.717) is 39.7 Å². The molecule has 8 nitrogen and oxygen atoms in total. The molecule has 0 radical (unpaired) electrons. The number of phenolic OH excluding ortho intramolecular Hbond substituents is 1. The van der Waals surface area contributed by atoms with E-state index in [0.717, 1.165) is 0 Å². The Kier molecular flexibility index (Phi) is 3.48. The molecule has 3 aromatic rings. The molecule has 2 aromatic heterocycles. The van der Waals surface area contributed by atoms with E-state index in [4.69, 9.17) is 4.74 Å². The Morgan fingerprint density at radius 1 is 1.28 bits per heavy atom. The third kappa shape index (κ3) is 2.17. The number of pyridine rings is 2. The van der Waals surface area contributed by atoms with Crippen LogP contribution in [0.4, 0.5) is 0 Å². The molecule has 146 valence electrons. The first-order valence-electron chi connectivity index (χ1n) is 9.17. The van der Waals surface area contributed by atoms with Gasteiger partial charge in [0.25, 0.3) is 5.56 Å². The normalized spacial score (nSPS) is 19.4. The molecule has 0 unspecified atom stereocenters. The highest BCUT2D eigenvalue weighted by Crippen LogP contribution is 2.40. The number of hydrogen-bond acceptors (Lipinski definition) is 7. The van der Waals surface area contributed by atoms with Gasteiger partial charge in [-0.1, -0.05) is 6.92 Å². The zero-order valence-electron chi connectivity index (χ0n) is 15.4. The van der Waals surface area contributed by atoms with Gasteiger partial charge < -0.3 is 19.5 Å². The molecule has 0 saturated heterocycles. The highest BCUT2D eigenvalue weighted by molar-refractivity contribution is 6.01. The first kappa shape index (κ1) is 17.6. The van der Waals surface area contributed by atoms with Crippen LogP contribution in [-0.2, 0) is 28.3 Å². The summed E-state index contributed by atoms with van der Waals surface area (Å²) in [5.74, 6) is -0.778. The van der Waals surface area contributed by atoms with Crippen molar-refractivity contribution in [1.29, 1.82) is 0 Å². The topological polar surface area (TPSA) is 119 Å². The predicted octanol–water partition coefficient (Wildman–Crippen LogP) is 1.60. The number of aromatic hydroxyl groups is 1. The zero-order chi connectivity index (χ0) is 20.5. The minimum absolute atomic E-state index is 0.00848. The van der Waals surface area contributed by atoms with Gasteiger partial charge >= 0.3 is 5.97 Å². The van der Waals surface area contributed by atoms with Gasteiger partial charge in [0.05, 0.1) is 29.0 Å². The van der Waals surface area contributed by atoms with Gasteiger partial charge in [-0.3, -0.25) is 9.59 Å². The molecule has 0 amide bonds. The van der Waals surface area contributed by atoms with Gasteiger partial charge in [0.1, 0.15) is 12.4 Å². The molecule has 8 heteroatoms. The van der Waals surface area contributed by atoms with Crippen LogP contribution in [0, 0.1) is 0 Å². The lowest BCUT2D eigenvalue weighted by molar-refractivity contribution is -0.172. The molecule has 4 heterocycles. The Balaban J connectivity index is 1.85. The van der Waals surface area contributed by atoms with Crippen LogP contribution in [-0.4, -0.2) is 32.0 Å². The fourth-order valence-electron chi connectivity index (χ4n) is 4.23. The summed E-state index contributed by atoms with van der Waals surface area (Å²) in [6.07, 6.45) is 0.743. The van der Waals surface area contributed by atoms with E-state index in [-0.39, 0.29) is 36.4 Å². The minimum Gasteiger partial charge on any atom is -0.508 e. The molecule has 0 aliphatic carbocycles. The van der Waals surface area contributed by atoms with Crippen LogP contribution >= 0.6 is 0 Å². The summed E-state index contributed by atoms with van der Waals surface area (Å²) in [4.78, 5) is 41.8. The van der Waals surface area contributed by atoms with Gasteiger partial charge in [-0.05, 0) is 30.7 Å². The predicted molar refractivity (Wildman–Crippen MR) is 102 cm³/mol. The number of aromatic nitrogens is 2. The second-order valence-electron chi connectivity index (χ2n) is 7.28. The Labute approximate surface area is 164 Å². The van der Waals surface area contributed by atoms with Crippen molar-refractivity contribution in [2.45, 2.75) is 32.1 Å². The second kappa shape index (κ2) is 5.74. The molecule has 0 bridgehead atoms. The standard InChI is InChI=1S/C21H16N2O6/c1-2-21(28)15-6-17-18-12(7-23(17)19(26)14(15)9-29-20(21)27)13(8-24)11-5-10(25)3-4-16(11)22-18/h3-6,8,25,28H,2,7,9H2,1H3/t21-/m0/s1. The number of esters is 1. The highest BCUT2D eigenvalue weighted by Gasteiger charge is 2.45. The number of benzene rings is 1. The number of fused-ring (bicyclic) bond motifs is 5. The van der Waals surface area contributed by atoms with Crippen molar-refractivity contribution in [2.24, 2.45) is 0 Å². The Morgan fingerprint density at radius 2 is 2.07 bits per heavy atom. The van der Waals surface area contributed by atoms with Crippen molar-refractivity contribution in [2.75, 3.05) is 0 Å². The summed E-state index contributed by atoms with van der Waals surface area (Å²) in [6, 6.07) is 6.12. The van der Waals surface area contributed by atoms with Crippen molar-refractivity contribution < 1.29 is 24.5 Å². The summed E-state index contributed by atoms with van der Waals surface area (Å²) >= 11 is 0. The number of phenols is 1. The average Bonchev–Trinajstić information content (AvgIpc) is 3.08. The van der Waals surface area contributed by atoms with E-state index in [1.807, 2.05) is 0 Å². The number of nitrogens with zero attached hydrogens (tertiary/aromatic N) is 2. The van der Waals surface area contributed by atoms with Crippen LogP contribution < -0.4 is 5.56 Å². The Hall–Kier alpha value is -3.52. The van der Waals surface area contributed by atoms with Crippen LogP contribution in [0.3, 0.4) is 0 Å². The van der Waals surface area contributed by atoms with Gasteiger partial charge in [0.2, 0.25) is 0 Å². The van der Waals surface area contributed by atoms with Crippen LogP contribution in [0.5, 0.6) is 5.75 Å². The summed E-state index contributed by atoms with van der Waals surface area (Å²) < 4.78 is 6.52. The fraction of sp³-hybridized carbons (Fsp3) is 0.238. The third-order valence-electron chi connectivity index (χ3n) is 5.83. The first-order chi connectivity index (χ1) is 13.9. The van der Waals surface area contributed by atoms with E-state index in [1.165, 1.54) is 16.7 Å². The Morgan fingerprint density at radius 3 is 2.79 bits per heavy atom. The van der Waals surface area contributed by atoms with Crippen LogP contribution in [0.25, 0.3) is 22.3 Å². The molecule has 1 atom stereocenters. The Bertz CT molecular complexity index is 1310. The lowest BCUT2D eigenvalue weighted by atomic mass is 9.86. The summed E-state index contributed by atoms with van der Waals surface area (Å²) in [6.45, 7) is 1.55. The van der Waals surface area contributed by atoms with Gasteiger partial charge in [-0.25, -0.2) is 9.78 Å². The molecule has 2 N–H and O–H groups in total. The molecule has 0 fully saturated rings. The average molecular weight is 392 g/mol. The summed E-state index contributed by atoms with van der Waals surface area (Å²) in [7, 11) is 0. The largest absolute Gasteiger partial charge is 0.508 e. The van der Waals surface area contributed by atoms with Gasteiger partial charge in [-0.15, -0.1) is 0 Å². The lowest BCUT2D eigenvalue weighted by Gasteiger charge is -2.31. The first-order valence-corrected chi connectivity index (χ1v) is 9.17. The number of ether oxygens (including phenoxy) is 1. The fourth-order valence-corrected chi connectivity index (χ4v) is 4.23. The maximum Gasteiger partial charge on any atom is 0.343 e. The number of cyclic esters (lactones) is 1. The van der Waals surface area contributed by atoms with Gasteiger partial charge in [-0.2, -0.15) is 0 Å². The van der Waals surface area contributed by atoms with Gasteiger partial charge in [0, 0.05) is 22.1 Å². The molecule has 29 heavy (non-hydrogen) atoms.